The molecule has 1 N–H and O–H groups in total. The van der Waals surface area contributed by atoms with E-state index in [4.69, 9.17) is 25.6 Å². The van der Waals surface area contributed by atoms with Gasteiger partial charge in [-0.3, -0.25) is 4.68 Å². The molecule has 12 heteroatoms. The van der Waals surface area contributed by atoms with E-state index in [0.29, 0.717) is 0 Å². The van der Waals surface area contributed by atoms with Crippen LogP contribution in [0.25, 0.3) is 22.6 Å². The normalized spacial score (nSPS) is 18.8. The van der Waals surface area contributed by atoms with Crippen LogP contribution in [0.2, 0.25) is 5.02 Å². The fraction of sp³-hybridized carbons (Fsp3) is 0.321. The van der Waals surface area contributed by atoms with Crippen LogP contribution in [-0.4, -0.2) is 38.2 Å². The number of nitrogens with zero attached hydrogens (tertiary/aromatic N) is 3. The van der Waals surface area contributed by atoms with Crippen LogP contribution in [0.1, 0.15) is 54.3 Å². The molecule has 2 aromatic carbocycles. The lowest BCUT2D eigenvalue weighted by molar-refractivity contribution is -0.148. The summed E-state index contributed by atoms with van der Waals surface area (Å²) >= 11 is 6.64. The van der Waals surface area contributed by atoms with E-state index in [2.05, 4.69) is 10.3 Å². The van der Waals surface area contributed by atoms with Gasteiger partial charge in [0.05, 0.1) is 35.0 Å². The Bertz CT molecular complexity index is 1520. The van der Waals surface area contributed by atoms with Crippen LogP contribution in [0.3, 0.4) is 0 Å². The lowest BCUT2D eigenvalue weighted by Gasteiger charge is -2.41. The maximum Gasteiger partial charge on any atom is 0.433 e. The zero-order valence-corrected chi connectivity index (χ0v) is 22.3. The molecule has 1 aliphatic rings. The van der Waals surface area contributed by atoms with Gasteiger partial charge in [0.25, 0.3) is 0 Å². The molecule has 2 aromatic heterocycles. The Kier molecular flexibility index (Phi) is 7.36. The average Bonchev–Trinajstić information content (AvgIpc) is 3.52. The maximum atomic E-state index is 14.4. The second-order valence-electron chi connectivity index (χ2n) is 9.76. The van der Waals surface area contributed by atoms with Crippen LogP contribution < -0.4 is 4.74 Å². The molecule has 0 atom stereocenters. The third-order valence-electron chi connectivity index (χ3n) is 6.63. The highest BCUT2D eigenvalue weighted by Crippen LogP contribution is 2.47. The van der Waals surface area contributed by atoms with Crippen molar-refractivity contribution in [2.24, 2.45) is 0 Å². The summed E-state index contributed by atoms with van der Waals surface area (Å²) in [6.45, 7) is 3.28. The quantitative estimate of drug-likeness (QED) is 0.233. The first kappa shape index (κ1) is 27.7. The van der Waals surface area contributed by atoms with Gasteiger partial charge in [-0.05, 0) is 38.3 Å². The molecule has 8 nitrogen and oxygen atoms in total. The van der Waals surface area contributed by atoms with Gasteiger partial charge in [0, 0.05) is 5.56 Å². The lowest BCUT2D eigenvalue weighted by Crippen LogP contribution is -2.43. The van der Waals surface area contributed by atoms with Gasteiger partial charge in [-0.15, -0.1) is 0 Å². The highest BCUT2D eigenvalue weighted by molar-refractivity contribution is 6.35. The van der Waals surface area contributed by atoms with E-state index in [9.17, 15) is 23.1 Å². The largest absolute Gasteiger partial charge is 0.487 e. The van der Waals surface area contributed by atoms with E-state index in [1.165, 1.54) is 0 Å². The summed E-state index contributed by atoms with van der Waals surface area (Å²) in [5.41, 5.74) is -2.00. The number of alkyl halides is 3. The van der Waals surface area contributed by atoms with Crippen molar-refractivity contribution in [2.75, 3.05) is 6.61 Å². The number of ether oxygens (including phenoxy) is 2. The minimum Gasteiger partial charge on any atom is -0.487 e. The molecule has 2 heterocycles. The van der Waals surface area contributed by atoms with Crippen LogP contribution in [-0.2, 0) is 17.5 Å². The minimum atomic E-state index is -4.85. The van der Waals surface area contributed by atoms with Crippen molar-refractivity contribution >= 4 is 17.6 Å². The summed E-state index contributed by atoms with van der Waals surface area (Å²) in [6, 6.07) is 13.5. The lowest BCUT2D eigenvalue weighted by atomic mass is 9.77. The molecule has 0 radical (unpaired) electrons. The van der Waals surface area contributed by atoms with Gasteiger partial charge in [0.2, 0.25) is 0 Å². The molecule has 0 saturated heterocycles. The molecular weight excluding hydrogens is 551 g/mol. The van der Waals surface area contributed by atoms with Crippen molar-refractivity contribution in [3.8, 4) is 28.3 Å². The second-order valence-corrected chi connectivity index (χ2v) is 10.1. The number of aromatic nitrogens is 3. The predicted octanol–water partition coefficient (Wildman–Crippen LogP) is 6.72. The summed E-state index contributed by atoms with van der Waals surface area (Å²) in [5.74, 6) is -1.11. The van der Waals surface area contributed by atoms with Crippen LogP contribution in [0.4, 0.5) is 13.2 Å². The summed E-state index contributed by atoms with van der Waals surface area (Å²) in [6.07, 6.45) is -3.69. The number of esters is 1. The predicted molar refractivity (Wildman–Crippen MR) is 139 cm³/mol. The Morgan fingerprint density at radius 3 is 2.55 bits per heavy atom. The molecule has 1 aliphatic carbocycles. The fourth-order valence-corrected chi connectivity index (χ4v) is 5.08. The van der Waals surface area contributed by atoms with Gasteiger partial charge in [0.15, 0.2) is 11.5 Å². The molecule has 0 aliphatic heterocycles. The molecule has 0 amide bonds. The molecule has 0 unspecified atom stereocenters. The third-order valence-corrected chi connectivity index (χ3v) is 7.02. The Morgan fingerprint density at radius 1 is 1.18 bits per heavy atom. The van der Waals surface area contributed by atoms with Gasteiger partial charge in [-0.1, -0.05) is 59.2 Å². The number of hydrogen-bond acceptors (Lipinski definition) is 7. The topological polar surface area (TPSA) is 99.6 Å². The van der Waals surface area contributed by atoms with E-state index in [0.717, 1.165) is 16.4 Å². The minimum absolute atomic E-state index is 0.0423. The SMILES string of the molecule is CCOC(=O)c1c(-c2cccc(OCc3ccccc3)c2Cl)noc1-c1cnn(C2CC(C)(O)C2)c1C(F)(F)F. The highest BCUT2D eigenvalue weighted by atomic mass is 35.5. The molecule has 4 aromatic rings. The van der Waals surface area contributed by atoms with Crippen LogP contribution in [0.15, 0.2) is 59.3 Å². The Labute approximate surface area is 232 Å². The smallest absolute Gasteiger partial charge is 0.433 e. The standard InChI is InChI=1S/C28H25ClF3N3O5/c1-3-38-26(36)21-23(18-10-7-11-20(22(18)29)39-15-16-8-5-4-6-9-16)34-40-24(21)19-14-33-35(25(19)28(30,31)32)17-12-27(2,37)13-17/h4-11,14,17,37H,3,12-13,15H2,1-2H3. The molecule has 40 heavy (non-hydrogen) atoms. The van der Waals surface area contributed by atoms with Crippen molar-refractivity contribution in [2.45, 2.75) is 51.1 Å². The molecule has 1 fully saturated rings. The van der Waals surface area contributed by atoms with Crippen LogP contribution in [0.5, 0.6) is 5.75 Å². The van der Waals surface area contributed by atoms with E-state index < -0.39 is 40.8 Å². The molecule has 1 saturated carbocycles. The van der Waals surface area contributed by atoms with Crippen LogP contribution in [0, 0.1) is 0 Å². The van der Waals surface area contributed by atoms with Gasteiger partial charge in [-0.2, -0.15) is 18.3 Å². The van der Waals surface area contributed by atoms with E-state index in [-0.39, 0.29) is 53.6 Å². The highest BCUT2D eigenvalue weighted by Gasteiger charge is 2.47. The molecule has 5 rings (SSSR count). The average molecular weight is 576 g/mol. The first-order valence-electron chi connectivity index (χ1n) is 12.5. The first-order chi connectivity index (χ1) is 19.0. The zero-order chi connectivity index (χ0) is 28.7. The Balaban J connectivity index is 1.59. The number of carbonyl (C=O) groups is 1. The molecule has 0 spiro atoms. The van der Waals surface area contributed by atoms with Gasteiger partial charge < -0.3 is 19.1 Å². The van der Waals surface area contributed by atoms with Crippen molar-refractivity contribution < 1.29 is 37.1 Å². The fourth-order valence-electron chi connectivity index (χ4n) is 4.81. The number of carbonyl (C=O) groups excluding carboxylic acids is 1. The number of rotatable bonds is 8. The third kappa shape index (κ3) is 5.31. The van der Waals surface area contributed by atoms with E-state index >= 15 is 0 Å². The van der Waals surface area contributed by atoms with Crippen molar-refractivity contribution in [3.05, 3.63) is 76.6 Å². The Hall–Kier alpha value is -3.83. The van der Waals surface area contributed by atoms with Crippen molar-refractivity contribution in [1.29, 1.82) is 0 Å². The number of hydrogen-bond donors (Lipinski definition) is 1. The molecular formula is C28H25ClF3N3O5. The van der Waals surface area contributed by atoms with Crippen LogP contribution >= 0.6 is 11.6 Å². The summed E-state index contributed by atoms with van der Waals surface area (Å²) in [7, 11) is 0. The second kappa shape index (κ2) is 10.6. The Morgan fingerprint density at radius 2 is 1.90 bits per heavy atom. The molecule has 210 valence electrons. The van der Waals surface area contributed by atoms with E-state index in [1.54, 1.807) is 32.0 Å². The van der Waals surface area contributed by atoms with E-state index in [1.807, 2.05) is 30.3 Å². The summed E-state index contributed by atoms with van der Waals surface area (Å²) in [5, 5.41) is 18.1. The number of halogens is 4. The maximum absolute atomic E-state index is 14.4. The number of aliphatic hydroxyl groups is 1. The monoisotopic (exact) mass is 575 g/mol. The number of benzene rings is 2. The summed E-state index contributed by atoms with van der Waals surface area (Å²) < 4.78 is 60.3. The molecule has 0 bridgehead atoms. The van der Waals surface area contributed by atoms with Gasteiger partial charge in [0.1, 0.15) is 23.6 Å². The summed E-state index contributed by atoms with van der Waals surface area (Å²) in [4.78, 5) is 13.1. The van der Waals surface area contributed by atoms with Gasteiger partial charge >= 0.3 is 12.1 Å². The zero-order valence-electron chi connectivity index (χ0n) is 21.5. The van der Waals surface area contributed by atoms with Crippen molar-refractivity contribution in [3.63, 3.8) is 0 Å². The van der Waals surface area contributed by atoms with Crippen molar-refractivity contribution in [1.82, 2.24) is 14.9 Å². The first-order valence-corrected chi connectivity index (χ1v) is 12.9. The van der Waals surface area contributed by atoms with Gasteiger partial charge in [-0.25, -0.2) is 4.79 Å².